The van der Waals surface area contributed by atoms with E-state index in [0.29, 0.717) is 6.04 Å². The molecule has 0 aliphatic carbocycles. The summed E-state index contributed by atoms with van der Waals surface area (Å²) in [5, 5.41) is 0. The van der Waals surface area contributed by atoms with Gasteiger partial charge < -0.3 is 4.74 Å². The molecule has 3 nitrogen and oxygen atoms in total. The molecule has 2 unspecified atom stereocenters. The molecule has 11 heavy (non-hydrogen) atoms. The number of nitrogens with zero attached hydrogens (tertiary/aromatic N) is 1. The fourth-order valence-corrected chi connectivity index (χ4v) is 1.95. The number of fused-ring (bicyclic) bond motifs is 2. The Morgan fingerprint density at radius 1 is 1.64 bits per heavy atom. The first-order valence-corrected chi connectivity index (χ1v) is 4.14. The zero-order valence-electron chi connectivity index (χ0n) is 6.91. The molecule has 2 aliphatic rings. The Morgan fingerprint density at radius 3 is 2.73 bits per heavy atom. The number of hydrogen-bond acceptors (Lipinski definition) is 3. The number of esters is 1. The predicted molar refractivity (Wildman–Crippen MR) is 40.1 cm³/mol. The molecule has 2 bridgehead atoms. The third-order valence-electron chi connectivity index (χ3n) is 2.52. The molecule has 2 aliphatic heterocycles. The van der Waals surface area contributed by atoms with Gasteiger partial charge in [-0.25, -0.2) is 0 Å². The number of likely N-dealkylation sites (tertiary alicyclic amines) is 1. The van der Waals surface area contributed by atoms with Gasteiger partial charge in [-0.1, -0.05) is 0 Å². The van der Waals surface area contributed by atoms with Crippen LogP contribution in [0.1, 0.15) is 20.3 Å². The van der Waals surface area contributed by atoms with Crippen LogP contribution >= 0.6 is 0 Å². The van der Waals surface area contributed by atoms with Gasteiger partial charge in [-0.15, -0.1) is 0 Å². The normalized spacial score (nSPS) is 36.8. The molecule has 2 saturated heterocycles. The highest BCUT2D eigenvalue weighted by Gasteiger charge is 2.46. The van der Waals surface area contributed by atoms with Crippen molar-refractivity contribution >= 4 is 5.97 Å². The number of rotatable bonds is 1. The summed E-state index contributed by atoms with van der Waals surface area (Å²) in [7, 11) is 0. The lowest BCUT2D eigenvalue weighted by Crippen LogP contribution is -2.44. The average molecular weight is 155 g/mol. The van der Waals surface area contributed by atoms with Crippen LogP contribution in [0.25, 0.3) is 0 Å². The maximum absolute atomic E-state index is 11.1. The van der Waals surface area contributed by atoms with E-state index >= 15 is 0 Å². The van der Waals surface area contributed by atoms with Crippen LogP contribution in [0, 0.1) is 0 Å². The Hall–Kier alpha value is -0.570. The second-order valence-corrected chi connectivity index (χ2v) is 3.60. The first-order chi connectivity index (χ1) is 5.18. The highest BCUT2D eigenvalue weighted by molar-refractivity contribution is 5.79. The van der Waals surface area contributed by atoms with Crippen LogP contribution < -0.4 is 0 Å². The lowest BCUT2D eigenvalue weighted by atomic mass is 10.2. The minimum absolute atomic E-state index is 0.0186. The smallest absolute Gasteiger partial charge is 0.323 e. The van der Waals surface area contributed by atoms with Gasteiger partial charge in [-0.2, -0.15) is 0 Å². The monoisotopic (exact) mass is 155 g/mol. The summed E-state index contributed by atoms with van der Waals surface area (Å²) in [6.07, 6.45) is 1.10. The fraction of sp³-hybridized carbons (Fsp3) is 0.875. The maximum Gasteiger partial charge on any atom is 0.323 e. The molecular formula is C8H13NO2. The van der Waals surface area contributed by atoms with E-state index in [4.69, 9.17) is 4.74 Å². The first-order valence-electron chi connectivity index (χ1n) is 4.14. The SMILES string of the molecule is CC(C)N1CC2CC1C(=O)O2. The number of carbonyl (C=O) groups excluding carboxylic acids is 1. The minimum atomic E-state index is -0.0186. The van der Waals surface area contributed by atoms with Crippen molar-refractivity contribution in [1.82, 2.24) is 4.90 Å². The van der Waals surface area contributed by atoms with Crippen LogP contribution in [-0.4, -0.2) is 35.6 Å². The van der Waals surface area contributed by atoms with Crippen molar-refractivity contribution in [2.24, 2.45) is 0 Å². The van der Waals surface area contributed by atoms with E-state index < -0.39 is 0 Å². The summed E-state index contributed by atoms with van der Waals surface area (Å²) in [6, 6.07) is 0.540. The molecule has 2 fully saturated rings. The van der Waals surface area contributed by atoms with Crippen LogP contribution in [0.4, 0.5) is 0 Å². The summed E-state index contributed by atoms with van der Waals surface area (Å²) in [4.78, 5) is 13.3. The third-order valence-corrected chi connectivity index (χ3v) is 2.52. The summed E-state index contributed by atoms with van der Waals surface area (Å²) < 4.78 is 5.06. The molecule has 2 heterocycles. The highest BCUT2D eigenvalue weighted by Crippen LogP contribution is 2.30. The van der Waals surface area contributed by atoms with Gasteiger partial charge in [-0.05, 0) is 13.8 Å². The molecule has 0 saturated carbocycles. The Bertz CT molecular complexity index is 191. The lowest BCUT2D eigenvalue weighted by molar-refractivity contribution is -0.152. The molecule has 0 aromatic rings. The van der Waals surface area contributed by atoms with E-state index in [1.807, 2.05) is 0 Å². The van der Waals surface area contributed by atoms with Crippen molar-refractivity contribution in [3.05, 3.63) is 0 Å². The summed E-state index contributed by atoms with van der Waals surface area (Å²) in [5.41, 5.74) is 0. The van der Waals surface area contributed by atoms with Gasteiger partial charge in [0.05, 0.1) is 0 Å². The highest BCUT2D eigenvalue weighted by atomic mass is 16.6. The number of carbonyl (C=O) groups is 1. The lowest BCUT2D eigenvalue weighted by Gasteiger charge is -2.28. The molecule has 62 valence electrons. The van der Waals surface area contributed by atoms with E-state index in [9.17, 15) is 4.79 Å². The van der Waals surface area contributed by atoms with Gasteiger partial charge in [0.15, 0.2) is 0 Å². The second-order valence-electron chi connectivity index (χ2n) is 3.60. The third kappa shape index (κ3) is 0.948. The number of hydrogen-bond donors (Lipinski definition) is 0. The molecule has 0 radical (unpaired) electrons. The Morgan fingerprint density at radius 2 is 2.36 bits per heavy atom. The Balaban J connectivity index is 2.12. The van der Waals surface area contributed by atoms with E-state index in [1.54, 1.807) is 0 Å². The molecule has 0 N–H and O–H groups in total. The molecule has 2 rings (SSSR count). The molecule has 0 aromatic heterocycles. The van der Waals surface area contributed by atoms with Crippen LogP contribution in [0.2, 0.25) is 0 Å². The second kappa shape index (κ2) is 2.21. The summed E-state index contributed by atoms with van der Waals surface area (Å²) in [5.74, 6) is -0.0186. The minimum Gasteiger partial charge on any atom is -0.460 e. The van der Waals surface area contributed by atoms with Gasteiger partial charge in [0.25, 0.3) is 0 Å². The van der Waals surface area contributed by atoms with E-state index in [-0.39, 0.29) is 18.1 Å². The molecule has 0 aromatic carbocycles. The van der Waals surface area contributed by atoms with Crippen LogP contribution in [0.3, 0.4) is 0 Å². The van der Waals surface area contributed by atoms with Crippen molar-refractivity contribution in [2.45, 2.75) is 38.5 Å². The van der Waals surface area contributed by atoms with Crippen molar-refractivity contribution in [3.8, 4) is 0 Å². The zero-order chi connectivity index (χ0) is 8.01. The molecule has 2 atom stereocenters. The Kier molecular flexibility index (Phi) is 1.42. The molecule has 0 amide bonds. The summed E-state index contributed by atoms with van der Waals surface area (Å²) >= 11 is 0. The van der Waals surface area contributed by atoms with Gasteiger partial charge in [0, 0.05) is 19.0 Å². The predicted octanol–water partition coefficient (Wildman–Crippen LogP) is 0.395. The van der Waals surface area contributed by atoms with Crippen LogP contribution in [0.15, 0.2) is 0 Å². The van der Waals surface area contributed by atoms with Crippen molar-refractivity contribution in [3.63, 3.8) is 0 Å². The van der Waals surface area contributed by atoms with Gasteiger partial charge in [-0.3, -0.25) is 9.69 Å². The molecule has 3 heteroatoms. The average Bonchev–Trinajstić information content (AvgIpc) is 2.43. The zero-order valence-corrected chi connectivity index (χ0v) is 6.91. The number of morpholine rings is 1. The first kappa shape index (κ1) is 7.10. The molecule has 0 spiro atoms. The van der Waals surface area contributed by atoms with Gasteiger partial charge in [0.2, 0.25) is 0 Å². The van der Waals surface area contributed by atoms with Crippen LogP contribution in [-0.2, 0) is 9.53 Å². The number of ether oxygens (including phenoxy) is 1. The molecular weight excluding hydrogens is 142 g/mol. The summed E-state index contributed by atoms with van der Waals surface area (Å²) in [6.45, 7) is 5.18. The van der Waals surface area contributed by atoms with E-state index in [2.05, 4.69) is 18.7 Å². The van der Waals surface area contributed by atoms with Crippen molar-refractivity contribution < 1.29 is 9.53 Å². The largest absolute Gasteiger partial charge is 0.460 e. The maximum atomic E-state index is 11.1. The topological polar surface area (TPSA) is 29.5 Å². The fourth-order valence-electron chi connectivity index (χ4n) is 1.95. The standard InChI is InChI=1S/C8H13NO2/c1-5(2)9-4-6-3-7(9)8(10)11-6/h5-7H,3-4H2,1-2H3. The quantitative estimate of drug-likeness (QED) is 0.513. The van der Waals surface area contributed by atoms with E-state index in [1.165, 1.54) is 0 Å². The Labute approximate surface area is 66.3 Å². The van der Waals surface area contributed by atoms with Crippen molar-refractivity contribution in [1.29, 1.82) is 0 Å². The van der Waals surface area contributed by atoms with Gasteiger partial charge >= 0.3 is 5.97 Å². The van der Waals surface area contributed by atoms with E-state index in [0.717, 1.165) is 13.0 Å². The van der Waals surface area contributed by atoms with Crippen molar-refractivity contribution in [2.75, 3.05) is 6.54 Å². The van der Waals surface area contributed by atoms with Crippen LogP contribution in [0.5, 0.6) is 0 Å². The van der Waals surface area contributed by atoms with Gasteiger partial charge in [0.1, 0.15) is 12.1 Å².